The molecule has 1 aromatic heterocycles. The van der Waals surface area contributed by atoms with Crippen molar-refractivity contribution in [1.82, 2.24) is 0 Å². The van der Waals surface area contributed by atoms with Gasteiger partial charge in [-0.1, -0.05) is 0 Å². The Morgan fingerprint density at radius 3 is 2.58 bits per heavy atom. The molecule has 2 aromatic carbocycles. The fraction of sp³-hybridized carbons (Fsp3) is 0.200. The number of carboxylic acids is 1. The van der Waals surface area contributed by atoms with Gasteiger partial charge in [-0.3, -0.25) is 4.79 Å². The molecule has 6 heteroatoms. The molecule has 1 fully saturated rings. The molecule has 1 aliphatic rings. The minimum atomic E-state index is -1.12. The Labute approximate surface area is 148 Å². The average Bonchev–Trinajstić information content (AvgIpc) is 3.18. The molecular formula is C20H16FNO4. The number of benzene rings is 2. The number of furan rings is 1. The Balaban J connectivity index is 1.93. The van der Waals surface area contributed by atoms with Crippen molar-refractivity contribution in [2.45, 2.75) is 19.8 Å². The zero-order valence-electron chi connectivity index (χ0n) is 14.1. The molecule has 3 aromatic rings. The number of hydrogen-bond donors (Lipinski definition) is 1. The first kappa shape index (κ1) is 16.3. The van der Waals surface area contributed by atoms with E-state index in [1.807, 2.05) is 6.92 Å². The number of rotatable bonds is 3. The van der Waals surface area contributed by atoms with Crippen LogP contribution in [0.2, 0.25) is 0 Å². The highest BCUT2D eigenvalue weighted by molar-refractivity contribution is 6.09. The summed E-state index contributed by atoms with van der Waals surface area (Å²) in [4.78, 5) is 25.6. The maximum absolute atomic E-state index is 13.2. The molecule has 26 heavy (non-hydrogen) atoms. The number of fused-ring (bicyclic) bond motifs is 1. The van der Waals surface area contributed by atoms with Gasteiger partial charge in [0.15, 0.2) is 0 Å². The fourth-order valence-electron chi connectivity index (χ4n) is 3.45. The van der Waals surface area contributed by atoms with Gasteiger partial charge >= 0.3 is 5.97 Å². The summed E-state index contributed by atoms with van der Waals surface area (Å²) < 4.78 is 19.0. The van der Waals surface area contributed by atoms with E-state index >= 15 is 0 Å². The van der Waals surface area contributed by atoms with E-state index in [9.17, 15) is 19.1 Å². The van der Waals surface area contributed by atoms with Gasteiger partial charge < -0.3 is 14.4 Å². The number of aromatic carboxylic acids is 1. The topological polar surface area (TPSA) is 70.8 Å². The van der Waals surface area contributed by atoms with E-state index in [1.54, 1.807) is 17.0 Å². The Morgan fingerprint density at radius 1 is 1.23 bits per heavy atom. The highest BCUT2D eigenvalue weighted by Crippen LogP contribution is 2.38. The van der Waals surface area contributed by atoms with Crippen LogP contribution in [0.4, 0.5) is 10.1 Å². The van der Waals surface area contributed by atoms with Gasteiger partial charge in [-0.05, 0) is 49.2 Å². The van der Waals surface area contributed by atoms with Crippen LogP contribution in [-0.4, -0.2) is 23.5 Å². The predicted molar refractivity (Wildman–Crippen MR) is 94.9 cm³/mol. The summed E-state index contributed by atoms with van der Waals surface area (Å²) in [5.74, 6) is -1.30. The van der Waals surface area contributed by atoms with Crippen LogP contribution in [-0.2, 0) is 4.79 Å². The molecule has 0 bridgehead atoms. The van der Waals surface area contributed by atoms with Crippen molar-refractivity contribution in [3.8, 4) is 11.3 Å². The second kappa shape index (κ2) is 5.98. The van der Waals surface area contributed by atoms with Crippen molar-refractivity contribution in [3.63, 3.8) is 0 Å². The van der Waals surface area contributed by atoms with E-state index in [0.29, 0.717) is 29.5 Å². The first-order chi connectivity index (χ1) is 12.5. The third kappa shape index (κ3) is 2.54. The van der Waals surface area contributed by atoms with Crippen molar-refractivity contribution in [2.24, 2.45) is 0 Å². The van der Waals surface area contributed by atoms with E-state index in [4.69, 9.17) is 4.42 Å². The SMILES string of the molecule is Cc1cc2c(C(=O)O)c(-c3ccc(F)cc3)oc2cc1N1CCCC1=O. The number of aryl methyl sites for hydroxylation is 1. The maximum atomic E-state index is 13.2. The molecule has 132 valence electrons. The van der Waals surface area contributed by atoms with Crippen LogP contribution >= 0.6 is 0 Å². The lowest BCUT2D eigenvalue weighted by Gasteiger charge is -2.18. The number of carboxylic acid groups (broad SMARTS) is 1. The highest BCUT2D eigenvalue weighted by atomic mass is 19.1. The van der Waals surface area contributed by atoms with E-state index in [2.05, 4.69) is 0 Å². The van der Waals surface area contributed by atoms with E-state index in [0.717, 1.165) is 17.7 Å². The molecule has 1 N–H and O–H groups in total. The van der Waals surface area contributed by atoms with Crippen molar-refractivity contribution < 1.29 is 23.5 Å². The second-order valence-corrected chi connectivity index (χ2v) is 6.40. The molecule has 0 radical (unpaired) electrons. The molecule has 0 unspecified atom stereocenters. The highest BCUT2D eigenvalue weighted by Gasteiger charge is 2.27. The summed E-state index contributed by atoms with van der Waals surface area (Å²) in [6, 6.07) is 8.93. The lowest BCUT2D eigenvalue weighted by Crippen LogP contribution is -2.24. The molecule has 0 atom stereocenters. The van der Waals surface area contributed by atoms with Crippen LogP contribution in [0.5, 0.6) is 0 Å². The van der Waals surface area contributed by atoms with E-state index < -0.39 is 11.8 Å². The lowest BCUT2D eigenvalue weighted by atomic mass is 10.0. The third-order valence-electron chi connectivity index (χ3n) is 4.69. The first-order valence-corrected chi connectivity index (χ1v) is 8.32. The monoisotopic (exact) mass is 353 g/mol. The van der Waals surface area contributed by atoms with Gasteiger partial charge in [-0.2, -0.15) is 0 Å². The number of carbonyl (C=O) groups excluding carboxylic acids is 1. The number of amides is 1. The Morgan fingerprint density at radius 2 is 1.96 bits per heavy atom. The number of carbonyl (C=O) groups is 2. The van der Waals surface area contributed by atoms with Crippen molar-refractivity contribution in [1.29, 1.82) is 0 Å². The standard InChI is InChI=1S/C20H16FNO4/c1-11-9-14-16(10-15(11)22-8-2-3-17(22)23)26-19(18(14)20(24)25)12-4-6-13(21)7-5-12/h4-7,9-10H,2-3,8H2,1H3,(H,24,25). The second-order valence-electron chi connectivity index (χ2n) is 6.40. The smallest absolute Gasteiger partial charge is 0.340 e. The van der Waals surface area contributed by atoms with Crippen LogP contribution in [0.15, 0.2) is 40.8 Å². The molecule has 1 aliphatic heterocycles. The summed E-state index contributed by atoms with van der Waals surface area (Å²) >= 11 is 0. The number of hydrogen-bond acceptors (Lipinski definition) is 3. The van der Waals surface area contributed by atoms with Gasteiger partial charge in [0.25, 0.3) is 0 Å². The number of anilines is 1. The fourth-order valence-corrected chi connectivity index (χ4v) is 3.45. The largest absolute Gasteiger partial charge is 0.478 e. The van der Waals surface area contributed by atoms with Crippen LogP contribution in [0.25, 0.3) is 22.3 Å². The Hall–Kier alpha value is -3.15. The van der Waals surface area contributed by atoms with Crippen LogP contribution in [0.3, 0.4) is 0 Å². The molecule has 0 spiro atoms. The third-order valence-corrected chi connectivity index (χ3v) is 4.69. The van der Waals surface area contributed by atoms with E-state index in [1.165, 1.54) is 24.3 Å². The molecule has 4 rings (SSSR count). The van der Waals surface area contributed by atoms with Crippen LogP contribution in [0, 0.1) is 12.7 Å². The van der Waals surface area contributed by atoms with Crippen molar-refractivity contribution in [2.75, 3.05) is 11.4 Å². The first-order valence-electron chi connectivity index (χ1n) is 8.32. The zero-order valence-corrected chi connectivity index (χ0v) is 14.1. The Bertz CT molecular complexity index is 1040. The van der Waals surface area contributed by atoms with Gasteiger partial charge in [0.05, 0.1) is 5.69 Å². The van der Waals surface area contributed by atoms with Gasteiger partial charge in [-0.15, -0.1) is 0 Å². The summed E-state index contributed by atoms with van der Waals surface area (Å²) in [5.41, 5.74) is 2.45. The normalized spacial score (nSPS) is 14.4. The summed E-state index contributed by atoms with van der Waals surface area (Å²) in [5, 5.41) is 10.1. The van der Waals surface area contributed by atoms with Crippen LogP contribution < -0.4 is 4.90 Å². The van der Waals surface area contributed by atoms with Gasteiger partial charge in [0.2, 0.25) is 5.91 Å². The quantitative estimate of drug-likeness (QED) is 0.759. The zero-order chi connectivity index (χ0) is 18.4. The number of halogens is 1. The summed E-state index contributed by atoms with van der Waals surface area (Å²) in [6.45, 7) is 2.49. The van der Waals surface area contributed by atoms with Gasteiger partial charge in [0, 0.05) is 30.0 Å². The molecule has 0 saturated carbocycles. The minimum absolute atomic E-state index is 0.0361. The number of nitrogens with zero attached hydrogens (tertiary/aromatic N) is 1. The molecule has 1 amide bonds. The van der Waals surface area contributed by atoms with Crippen molar-refractivity contribution >= 4 is 28.5 Å². The lowest BCUT2D eigenvalue weighted by molar-refractivity contribution is -0.117. The van der Waals surface area contributed by atoms with E-state index in [-0.39, 0.29) is 17.2 Å². The van der Waals surface area contributed by atoms with Gasteiger partial charge in [0.1, 0.15) is 22.7 Å². The Kier molecular flexibility index (Phi) is 3.76. The maximum Gasteiger partial charge on any atom is 0.340 e. The molecule has 0 aliphatic carbocycles. The average molecular weight is 353 g/mol. The molecular weight excluding hydrogens is 337 g/mol. The molecule has 1 saturated heterocycles. The van der Waals surface area contributed by atoms with Gasteiger partial charge in [-0.25, -0.2) is 9.18 Å². The summed E-state index contributed by atoms with van der Waals surface area (Å²) in [6.07, 6.45) is 1.31. The molecule has 5 nitrogen and oxygen atoms in total. The molecule has 2 heterocycles. The predicted octanol–water partition coefficient (Wildman–Crippen LogP) is 4.37. The summed E-state index contributed by atoms with van der Waals surface area (Å²) in [7, 11) is 0. The van der Waals surface area contributed by atoms with Crippen LogP contribution in [0.1, 0.15) is 28.8 Å². The minimum Gasteiger partial charge on any atom is -0.478 e. The van der Waals surface area contributed by atoms with Crippen molar-refractivity contribution in [3.05, 3.63) is 53.3 Å².